The Morgan fingerprint density at radius 1 is 0.724 bits per heavy atom. The highest BCUT2D eigenvalue weighted by Crippen LogP contribution is 2.40. The van der Waals surface area contributed by atoms with Gasteiger partial charge in [-0.15, -0.1) is 13.2 Å². The van der Waals surface area contributed by atoms with Crippen molar-refractivity contribution < 1.29 is 27.5 Å². The summed E-state index contributed by atoms with van der Waals surface area (Å²) in [4.78, 5) is 26.7. The fourth-order valence-electron chi connectivity index (χ4n) is 3.48. The molecule has 0 saturated heterocycles. The largest absolute Gasteiger partial charge is 0.573 e. The van der Waals surface area contributed by atoms with E-state index in [2.05, 4.69) is 10.1 Å². The van der Waals surface area contributed by atoms with Crippen molar-refractivity contribution in [1.82, 2.24) is 0 Å². The number of ketones is 2. The van der Waals surface area contributed by atoms with Gasteiger partial charge < -0.3 is 10.1 Å². The van der Waals surface area contributed by atoms with E-state index in [4.69, 9.17) is 0 Å². The van der Waals surface area contributed by atoms with Crippen molar-refractivity contribution in [2.24, 2.45) is 0 Å². The normalized spacial score (nSPS) is 15.1. The third kappa shape index (κ3) is 3.24. The van der Waals surface area contributed by atoms with E-state index in [9.17, 15) is 22.8 Å². The molecule has 4 nitrogen and oxygen atoms in total. The number of carbonyl (C=O) groups excluding carboxylic acids is 2. The van der Waals surface area contributed by atoms with E-state index in [-0.39, 0.29) is 0 Å². The van der Waals surface area contributed by atoms with Crippen LogP contribution < -0.4 is 10.1 Å². The first kappa shape index (κ1) is 18.7. The third-order valence-corrected chi connectivity index (χ3v) is 4.72. The smallest absolute Gasteiger partial charge is 0.406 e. The van der Waals surface area contributed by atoms with Crippen LogP contribution in [0, 0.1) is 0 Å². The average Bonchev–Trinajstić information content (AvgIpc) is 2.92. The van der Waals surface area contributed by atoms with Crippen LogP contribution in [0.25, 0.3) is 0 Å². The summed E-state index contributed by atoms with van der Waals surface area (Å²) in [6, 6.07) is 19.9. The summed E-state index contributed by atoms with van der Waals surface area (Å²) in [6.07, 6.45) is -4.81. The van der Waals surface area contributed by atoms with Gasteiger partial charge in [0, 0.05) is 16.8 Å². The number of benzene rings is 3. The first-order valence-corrected chi connectivity index (χ1v) is 8.69. The van der Waals surface area contributed by atoms with Crippen molar-refractivity contribution in [3.63, 3.8) is 0 Å². The zero-order valence-corrected chi connectivity index (χ0v) is 14.9. The molecule has 1 aliphatic rings. The molecule has 29 heavy (non-hydrogen) atoms. The van der Waals surface area contributed by atoms with Gasteiger partial charge in [-0.2, -0.15) is 0 Å². The fourth-order valence-corrected chi connectivity index (χ4v) is 3.48. The van der Waals surface area contributed by atoms with E-state index in [1.807, 2.05) is 0 Å². The molecule has 3 aromatic carbocycles. The number of rotatable bonds is 4. The van der Waals surface area contributed by atoms with Crippen LogP contribution in [0.3, 0.4) is 0 Å². The first-order valence-electron chi connectivity index (χ1n) is 8.69. The molecule has 146 valence electrons. The highest BCUT2D eigenvalue weighted by molar-refractivity contribution is 6.34. The zero-order chi connectivity index (χ0) is 20.6. The van der Waals surface area contributed by atoms with Crippen LogP contribution in [0.1, 0.15) is 26.3 Å². The van der Waals surface area contributed by atoms with Crippen LogP contribution in [0.15, 0.2) is 78.9 Å². The molecular weight excluding hydrogens is 383 g/mol. The summed E-state index contributed by atoms with van der Waals surface area (Å²) in [5, 5.41) is 2.97. The van der Waals surface area contributed by atoms with Gasteiger partial charge >= 0.3 is 6.36 Å². The Labute approximate surface area is 163 Å². The predicted octanol–water partition coefficient (Wildman–Crippen LogP) is 4.97. The lowest BCUT2D eigenvalue weighted by molar-refractivity contribution is -0.274. The maximum absolute atomic E-state index is 13.3. The molecule has 0 radical (unpaired) electrons. The van der Waals surface area contributed by atoms with Crippen LogP contribution in [0.5, 0.6) is 5.75 Å². The second-order valence-electron chi connectivity index (χ2n) is 6.52. The predicted molar refractivity (Wildman–Crippen MR) is 100.0 cm³/mol. The molecule has 0 amide bonds. The van der Waals surface area contributed by atoms with Gasteiger partial charge in [0.15, 0.2) is 5.54 Å². The quantitative estimate of drug-likeness (QED) is 0.632. The van der Waals surface area contributed by atoms with Crippen molar-refractivity contribution in [3.8, 4) is 5.75 Å². The van der Waals surface area contributed by atoms with E-state index in [0.717, 1.165) is 12.1 Å². The van der Waals surface area contributed by atoms with Gasteiger partial charge in [-0.05, 0) is 29.8 Å². The standard InChI is InChI=1S/C22H14F3NO3/c23-22(24,25)29-16-12-10-15(11-13-16)26-21(14-6-2-1-3-7-14)19(27)17-8-4-5-9-18(17)20(21)28/h1-13,26H. The van der Waals surface area contributed by atoms with Gasteiger partial charge in [0.2, 0.25) is 11.6 Å². The van der Waals surface area contributed by atoms with Crippen LogP contribution in [0.4, 0.5) is 18.9 Å². The monoisotopic (exact) mass is 397 g/mol. The minimum absolute atomic E-state index is 0.297. The van der Waals surface area contributed by atoms with Gasteiger partial charge in [-0.25, -0.2) is 0 Å². The fraction of sp³-hybridized carbons (Fsp3) is 0.0909. The van der Waals surface area contributed by atoms with Gasteiger partial charge in [0.25, 0.3) is 0 Å². The van der Waals surface area contributed by atoms with Crippen molar-refractivity contribution in [3.05, 3.63) is 95.6 Å². The Balaban J connectivity index is 1.76. The summed E-state index contributed by atoms with van der Waals surface area (Å²) in [5.74, 6) is -1.23. The lowest BCUT2D eigenvalue weighted by atomic mass is 9.84. The van der Waals surface area contributed by atoms with E-state index >= 15 is 0 Å². The number of hydrogen-bond acceptors (Lipinski definition) is 4. The molecule has 0 saturated carbocycles. The summed E-state index contributed by atoms with van der Waals surface area (Å²) in [5.41, 5.74) is -0.353. The number of anilines is 1. The number of Topliss-reactive ketones (excluding diaryl/α,β-unsaturated/α-hetero) is 2. The second-order valence-corrected chi connectivity index (χ2v) is 6.52. The third-order valence-electron chi connectivity index (χ3n) is 4.72. The molecule has 1 aliphatic carbocycles. The van der Waals surface area contributed by atoms with Crippen LogP contribution >= 0.6 is 0 Å². The van der Waals surface area contributed by atoms with Gasteiger partial charge in [-0.1, -0.05) is 54.6 Å². The van der Waals surface area contributed by atoms with E-state index in [1.54, 1.807) is 54.6 Å². The molecule has 0 spiro atoms. The van der Waals surface area contributed by atoms with Gasteiger partial charge in [0.1, 0.15) is 5.75 Å². The van der Waals surface area contributed by atoms with Crippen molar-refractivity contribution in [1.29, 1.82) is 0 Å². The number of alkyl halides is 3. The molecule has 0 atom stereocenters. The Bertz CT molecular complexity index is 1040. The van der Waals surface area contributed by atoms with Gasteiger partial charge in [-0.3, -0.25) is 9.59 Å². The van der Waals surface area contributed by atoms with Crippen molar-refractivity contribution in [2.45, 2.75) is 11.9 Å². The molecule has 3 aromatic rings. The molecule has 0 heterocycles. The molecule has 0 aromatic heterocycles. The first-order chi connectivity index (χ1) is 13.8. The van der Waals surface area contributed by atoms with Crippen LogP contribution in [0.2, 0.25) is 0 Å². The van der Waals surface area contributed by atoms with Crippen LogP contribution in [-0.2, 0) is 5.54 Å². The number of halogens is 3. The maximum atomic E-state index is 13.3. The number of carbonyl (C=O) groups is 2. The Morgan fingerprint density at radius 3 is 1.76 bits per heavy atom. The molecule has 0 fully saturated rings. The van der Waals surface area contributed by atoms with Gasteiger partial charge in [0.05, 0.1) is 0 Å². The molecule has 1 N–H and O–H groups in total. The molecule has 0 aliphatic heterocycles. The highest BCUT2D eigenvalue weighted by atomic mass is 19.4. The number of nitrogens with one attached hydrogen (secondary N) is 1. The van der Waals surface area contributed by atoms with E-state index < -0.39 is 29.2 Å². The number of fused-ring (bicyclic) bond motifs is 1. The van der Waals surface area contributed by atoms with E-state index in [1.165, 1.54) is 12.1 Å². The highest BCUT2D eigenvalue weighted by Gasteiger charge is 2.54. The topological polar surface area (TPSA) is 55.4 Å². The van der Waals surface area contributed by atoms with Crippen molar-refractivity contribution in [2.75, 3.05) is 5.32 Å². The average molecular weight is 397 g/mol. The Morgan fingerprint density at radius 2 is 1.24 bits per heavy atom. The van der Waals surface area contributed by atoms with Crippen molar-refractivity contribution >= 4 is 17.3 Å². The summed E-state index contributed by atoms with van der Waals surface area (Å²) < 4.78 is 41.0. The summed E-state index contributed by atoms with van der Waals surface area (Å²) in [7, 11) is 0. The molecule has 4 rings (SSSR count). The molecule has 7 heteroatoms. The molecular formula is C22H14F3NO3. The maximum Gasteiger partial charge on any atom is 0.573 e. The lowest BCUT2D eigenvalue weighted by Crippen LogP contribution is -2.46. The lowest BCUT2D eigenvalue weighted by Gasteiger charge is -2.29. The number of ether oxygens (including phenoxy) is 1. The minimum Gasteiger partial charge on any atom is -0.406 e. The second kappa shape index (κ2) is 6.77. The number of hydrogen-bond donors (Lipinski definition) is 1. The SMILES string of the molecule is O=C1c2ccccc2C(=O)C1(Nc1ccc(OC(F)(F)F)cc1)c1ccccc1. The minimum atomic E-state index is -4.81. The summed E-state index contributed by atoms with van der Waals surface area (Å²) in [6.45, 7) is 0. The molecule has 0 unspecified atom stereocenters. The Hall–Kier alpha value is -3.61. The van der Waals surface area contributed by atoms with Crippen LogP contribution in [-0.4, -0.2) is 17.9 Å². The molecule has 0 bridgehead atoms. The Kier molecular flexibility index (Phi) is 4.38. The summed E-state index contributed by atoms with van der Waals surface area (Å²) >= 11 is 0. The van der Waals surface area contributed by atoms with E-state index in [0.29, 0.717) is 22.4 Å². The zero-order valence-electron chi connectivity index (χ0n) is 14.9.